The number of anilines is 2. The van der Waals surface area contributed by atoms with Crippen molar-refractivity contribution >= 4 is 22.8 Å². The summed E-state index contributed by atoms with van der Waals surface area (Å²) in [5.41, 5.74) is 7.95. The third-order valence-corrected chi connectivity index (χ3v) is 2.32. The van der Waals surface area contributed by atoms with Gasteiger partial charge in [-0.2, -0.15) is 4.98 Å². The van der Waals surface area contributed by atoms with Crippen LogP contribution in [0.2, 0.25) is 0 Å². The van der Waals surface area contributed by atoms with Gasteiger partial charge in [-0.1, -0.05) is 0 Å². The third-order valence-electron chi connectivity index (χ3n) is 2.32. The van der Waals surface area contributed by atoms with Crippen molar-refractivity contribution in [1.82, 2.24) is 4.98 Å². The van der Waals surface area contributed by atoms with E-state index in [2.05, 4.69) is 10.3 Å². The molecule has 72 valence electrons. The van der Waals surface area contributed by atoms with Crippen LogP contribution >= 0.6 is 0 Å². The Morgan fingerprint density at radius 1 is 1.43 bits per heavy atom. The number of aromatic nitrogens is 1. The highest BCUT2D eigenvalue weighted by molar-refractivity contribution is 5.78. The van der Waals surface area contributed by atoms with Gasteiger partial charge in [0.2, 0.25) is 0 Å². The van der Waals surface area contributed by atoms with Crippen LogP contribution in [0.4, 0.5) is 11.7 Å². The van der Waals surface area contributed by atoms with E-state index in [9.17, 15) is 0 Å². The Bertz CT molecular complexity index is 473. The molecule has 0 unspecified atom stereocenters. The number of benzene rings is 1. The van der Waals surface area contributed by atoms with Crippen molar-refractivity contribution in [2.24, 2.45) is 0 Å². The Hall–Kier alpha value is -1.71. The van der Waals surface area contributed by atoms with Gasteiger partial charge >= 0.3 is 0 Å². The van der Waals surface area contributed by atoms with E-state index in [1.165, 1.54) is 12.8 Å². The van der Waals surface area contributed by atoms with Crippen molar-refractivity contribution in [2.75, 3.05) is 11.1 Å². The second-order valence-corrected chi connectivity index (χ2v) is 3.66. The standard InChI is InChI=1S/C10H11N3O/c11-6-1-4-9-8(5-6)13-10(14-9)12-7-2-3-7/h1,4-5,7H,2-3,11H2,(H,12,13). The summed E-state index contributed by atoms with van der Waals surface area (Å²) >= 11 is 0. The zero-order valence-electron chi connectivity index (χ0n) is 7.66. The molecule has 1 heterocycles. The molecule has 4 heteroatoms. The Balaban J connectivity index is 2.01. The van der Waals surface area contributed by atoms with Crippen LogP contribution in [-0.4, -0.2) is 11.0 Å². The summed E-state index contributed by atoms with van der Waals surface area (Å²) in [6.07, 6.45) is 2.42. The molecule has 1 aliphatic rings. The summed E-state index contributed by atoms with van der Waals surface area (Å²) in [5, 5.41) is 3.21. The van der Waals surface area contributed by atoms with E-state index >= 15 is 0 Å². The zero-order chi connectivity index (χ0) is 9.54. The maximum Gasteiger partial charge on any atom is 0.295 e. The molecule has 14 heavy (non-hydrogen) atoms. The molecule has 0 saturated heterocycles. The van der Waals surface area contributed by atoms with E-state index in [4.69, 9.17) is 10.2 Å². The molecule has 1 fully saturated rings. The van der Waals surface area contributed by atoms with Crippen molar-refractivity contribution in [1.29, 1.82) is 0 Å². The minimum absolute atomic E-state index is 0.556. The van der Waals surface area contributed by atoms with Crippen LogP contribution in [0.25, 0.3) is 11.1 Å². The summed E-state index contributed by atoms with van der Waals surface area (Å²) in [4.78, 5) is 4.30. The molecular weight excluding hydrogens is 178 g/mol. The van der Waals surface area contributed by atoms with E-state index in [0.29, 0.717) is 17.7 Å². The maximum atomic E-state index is 5.64. The van der Waals surface area contributed by atoms with Crippen molar-refractivity contribution < 1.29 is 4.42 Å². The predicted molar refractivity (Wildman–Crippen MR) is 55.1 cm³/mol. The Kier molecular flexibility index (Phi) is 1.45. The van der Waals surface area contributed by atoms with E-state index in [0.717, 1.165) is 11.1 Å². The summed E-state index contributed by atoms with van der Waals surface area (Å²) in [7, 11) is 0. The lowest BCUT2D eigenvalue weighted by Gasteiger charge is -1.93. The van der Waals surface area contributed by atoms with E-state index < -0.39 is 0 Å². The molecule has 0 radical (unpaired) electrons. The highest BCUT2D eigenvalue weighted by atomic mass is 16.4. The van der Waals surface area contributed by atoms with Gasteiger partial charge in [-0.05, 0) is 31.0 Å². The van der Waals surface area contributed by atoms with Gasteiger partial charge in [0.05, 0.1) is 0 Å². The molecule has 1 saturated carbocycles. The van der Waals surface area contributed by atoms with Gasteiger partial charge in [0.15, 0.2) is 5.58 Å². The number of nitrogens with zero attached hydrogens (tertiary/aromatic N) is 1. The zero-order valence-corrected chi connectivity index (χ0v) is 7.66. The molecule has 3 rings (SSSR count). The molecule has 3 N–H and O–H groups in total. The fraction of sp³-hybridized carbons (Fsp3) is 0.300. The van der Waals surface area contributed by atoms with Crippen LogP contribution in [0.3, 0.4) is 0 Å². The highest BCUT2D eigenvalue weighted by Gasteiger charge is 2.22. The van der Waals surface area contributed by atoms with Gasteiger partial charge in [-0.3, -0.25) is 0 Å². The molecule has 0 aliphatic heterocycles. The minimum atomic E-state index is 0.556. The van der Waals surface area contributed by atoms with Crippen LogP contribution in [0.1, 0.15) is 12.8 Å². The first-order valence-electron chi connectivity index (χ1n) is 4.74. The molecule has 0 spiro atoms. The van der Waals surface area contributed by atoms with Crippen molar-refractivity contribution in [3.05, 3.63) is 18.2 Å². The highest BCUT2D eigenvalue weighted by Crippen LogP contribution is 2.27. The number of fused-ring (bicyclic) bond motifs is 1. The summed E-state index contributed by atoms with van der Waals surface area (Å²) in [6.45, 7) is 0. The number of rotatable bonds is 2. The second kappa shape index (κ2) is 2.64. The summed E-state index contributed by atoms with van der Waals surface area (Å²) in [6, 6.07) is 6.63. The predicted octanol–water partition coefficient (Wildman–Crippen LogP) is 1.98. The largest absolute Gasteiger partial charge is 0.424 e. The SMILES string of the molecule is Nc1ccc2oc(NC3CC3)nc2c1. The van der Waals surface area contributed by atoms with Gasteiger partial charge < -0.3 is 15.5 Å². The van der Waals surface area contributed by atoms with Crippen molar-refractivity contribution in [3.8, 4) is 0 Å². The lowest BCUT2D eigenvalue weighted by Crippen LogP contribution is -2.00. The van der Waals surface area contributed by atoms with Crippen LogP contribution in [0.15, 0.2) is 22.6 Å². The van der Waals surface area contributed by atoms with Crippen LogP contribution < -0.4 is 11.1 Å². The first-order chi connectivity index (χ1) is 6.81. The van der Waals surface area contributed by atoms with Crippen LogP contribution in [0.5, 0.6) is 0 Å². The van der Waals surface area contributed by atoms with Gasteiger partial charge in [0.1, 0.15) is 5.52 Å². The second-order valence-electron chi connectivity index (χ2n) is 3.66. The van der Waals surface area contributed by atoms with Gasteiger partial charge in [0, 0.05) is 11.7 Å². The fourth-order valence-corrected chi connectivity index (χ4v) is 1.41. The maximum absolute atomic E-state index is 5.64. The Labute approximate surface area is 81.1 Å². The quantitative estimate of drug-likeness (QED) is 0.709. The van der Waals surface area contributed by atoms with E-state index in [1.807, 2.05) is 18.2 Å². The normalized spacial score (nSPS) is 16.0. The molecule has 4 nitrogen and oxygen atoms in total. The van der Waals surface area contributed by atoms with Gasteiger partial charge in [-0.15, -0.1) is 0 Å². The third kappa shape index (κ3) is 1.28. The molecule has 0 amide bonds. The molecular formula is C10H11N3O. The molecule has 2 aromatic rings. The number of hydrogen-bond acceptors (Lipinski definition) is 4. The molecule has 1 aliphatic carbocycles. The number of nitrogens with two attached hydrogens (primary N) is 1. The van der Waals surface area contributed by atoms with Gasteiger partial charge in [0.25, 0.3) is 6.01 Å². The van der Waals surface area contributed by atoms with Gasteiger partial charge in [-0.25, -0.2) is 0 Å². The average Bonchev–Trinajstić information content (AvgIpc) is 2.84. The smallest absolute Gasteiger partial charge is 0.295 e. The molecule has 1 aromatic heterocycles. The van der Waals surface area contributed by atoms with E-state index in [-0.39, 0.29) is 0 Å². The molecule has 0 atom stereocenters. The topological polar surface area (TPSA) is 64.1 Å². The molecule has 0 bridgehead atoms. The fourth-order valence-electron chi connectivity index (χ4n) is 1.41. The minimum Gasteiger partial charge on any atom is -0.424 e. The first-order valence-corrected chi connectivity index (χ1v) is 4.74. The molecule has 1 aromatic carbocycles. The van der Waals surface area contributed by atoms with E-state index in [1.54, 1.807) is 0 Å². The Morgan fingerprint density at radius 3 is 3.07 bits per heavy atom. The summed E-state index contributed by atoms with van der Waals surface area (Å²) < 4.78 is 5.50. The first kappa shape index (κ1) is 7.67. The van der Waals surface area contributed by atoms with Crippen LogP contribution in [0, 0.1) is 0 Å². The average molecular weight is 189 g/mol. The van der Waals surface area contributed by atoms with Crippen molar-refractivity contribution in [3.63, 3.8) is 0 Å². The Morgan fingerprint density at radius 2 is 2.29 bits per heavy atom. The summed E-state index contributed by atoms with van der Waals surface area (Å²) in [5.74, 6) is 0. The lowest BCUT2D eigenvalue weighted by molar-refractivity contribution is 0.614. The van der Waals surface area contributed by atoms with Crippen molar-refractivity contribution in [2.45, 2.75) is 18.9 Å². The van der Waals surface area contributed by atoms with Crippen LogP contribution in [-0.2, 0) is 0 Å². The number of nitrogen functional groups attached to an aromatic ring is 1. The number of nitrogens with one attached hydrogen (secondary N) is 1. The number of hydrogen-bond donors (Lipinski definition) is 2. The number of oxazole rings is 1. The monoisotopic (exact) mass is 189 g/mol. The lowest BCUT2D eigenvalue weighted by atomic mass is 10.3.